The van der Waals surface area contributed by atoms with E-state index in [0.717, 1.165) is 0 Å². The summed E-state index contributed by atoms with van der Waals surface area (Å²) in [6.07, 6.45) is 0. The highest BCUT2D eigenvalue weighted by atomic mass is 16.6. The van der Waals surface area contributed by atoms with Crippen molar-refractivity contribution in [2.75, 3.05) is 10.2 Å². The quantitative estimate of drug-likeness (QED) is 0.194. The highest BCUT2D eigenvalue weighted by Gasteiger charge is 2.47. The molecular weight excluding hydrogens is 438 g/mol. The Morgan fingerprint density at radius 2 is 1.68 bits per heavy atom. The molecule has 0 saturated carbocycles. The summed E-state index contributed by atoms with van der Waals surface area (Å²) in [4.78, 5) is 49.6. The fourth-order valence-electron chi connectivity index (χ4n) is 3.88. The number of ketones is 1. The van der Waals surface area contributed by atoms with E-state index in [1.54, 1.807) is 60.7 Å². The second-order valence-corrected chi connectivity index (χ2v) is 7.62. The number of rotatable bonds is 5. The van der Waals surface area contributed by atoms with E-state index in [4.69, 9.17) is 0 Å². The molecular formula is C25H19N3O6. The van der Waals surface area contributed by atoms with Crippen LogP contribution in [0.3, 0.4) is 0 Å². The van der Waals surface area contributed by atoms with Gasteiger partial charge in [0.05, 0.1) is 16.5 Å². The molecule has 4 rings (SSSR count). The molecule has 1 atom stereocenters. The van der Waals surface area contributed by atoms with Crippen LogP contribution in [0, 0.1) is 10.1 Å². The minimum absolute atomic E-state index is 0.178. The molecule has 170 valence electrons. The van der Waals surface area contributed by atoms with Gasteiger partial charge in [-0.2, -0.15) is 0 Å². The largest absolute Gasteiger partial charge is 0.507 e. The summed E-state index contributed by atoms with van der Waals surface area (Å²) in [5, 5.41) is 25.0. The average Bonchev–Trinajstić information content (AvgIpc) is 3.10. The zero-order valence-corrected chi connectivity index (χ0v) is 18.0. The number of non-ortho nitro benzene ring substituents is 1. The molecule has 34 heavy (non-hydrogen) atoms. The topological polar surface area (TPSA) is 130 Å². The van der Waals surface area contributed by atoms with Crippen molar-refractivity contribution in [1.82, 2.24) is 0 Å². The van der Waals surface area contributed by atoms with Gasteiger partial charge in [-0.3, -0.25) is 29.4 Å². The van der Waals surface area contributed by atoms with Crippen LogP contribution in [0.5, 0.6) is 0 Å². The first-order chi connectivity index (χ1) is 16.3. The Morgan fingerprint density at radius 1 is 1.00 bits per heavy atom. The fourth-order valence-corrected chi connectivity index (χ4v) is 3.88. The molecule has 2 amide bonds. The SMILES string of the molecule is CC(=O)Nc1ccc(N2C(=O)C(=O)/C(=C(\O)c3ccccc3)C2c2cccc([N+](=O)[O-])c2)cc1. The number of nitro benzene ring substituents is 1. The number of nitro groups is 1. The number of aliphatic hydroxyl groups excluding tert-OH is 1. The zero-order chi connectivity index (χ0) is 24.4. The normalized spacial score (nSPS) is 17.0. The number of nitrogens with one attached hydrogen (secondary N) is 1. The third kappa shape index (κ3) is 4.14. The number of aliphatic hydroxyl groups is 1. The van der Waals surface area contributed by atoms with E-state index in [1.165, 1.54) is 30.0 Å². The third-order valence-corrected chi connectivity index (χ3v) is 5.35. The van der Waals surface area contributed by atoms with Crippen molar-refractivity contribution in [3.05, 3.63) is 106 Å². The highest BCUT2D eigenvalue weighted by Crippen LogP contribution is 2.43. The molecule has 9 heteroatoms. The Labute approximate surface area is 194 Å². The predicted molar refractivity (Wildman–Crippen MR) is 125 cm³/mol. The van der Waals surface area contributed by atoms with E-state index >= 15 is 0 Å². The van der Waals surface area contributed by atoms with Crippen molar-refractivity contribution in [3.63, 3.8) is 0 Å². The van der Waals surface area contributed by atoms with Crippen LogP contribution in [-0.2, 0) is 14.4 Å². The summed E-state index contributed by atoms with van der Waals surface area (Å²) in [6.45, 7) is 1.36. The molecule has 3 aromatic carbocycles. The van der Waals surface area contributed by atoms with Crippen molar-refractivity contribution in [1.29, 1.82) is 0 Å². The van der Waals surface area contributed by atoms with Crippen molar-refractivity contribution in [2.24, 2.45) is 0 Å². The number of hydrogen-bond acceptors (Lipinski definition) is 6. The van der Waals surface area contributed by atoms with Gasteiger partial charge in [-0.25, -0.2) is 0 Å². The van der Waals surface area contributed by atoms with Gasteiger partial charge in [-0.05, 0) is 29.8 Å². The van der Waals surface area contributed by atoms with Crippen LogP contribution in [0.1, 0.15) is 24.1 Å². The Morgan fingerprint density at radius 3 is 2.29 bits per heavy atom. The van der Waals surface area contributed by atoms with Gasteiger partial charge in [0.2, 0.25) is 5.91 Å². The molecule has 3 aromatic rings. The minimum atomic E-state index is -1.10. The van der Waals surface area contributed by atoms with Gasteiger partial charge in [-0.1, -0.05) is 42.5 Å². The van der Waals surface area contributed by atoms with Gasteiger partial charge in [0.1, 0.15) is 5.76 Å². The van der Waals surface area contributed by atoms with E-state index in [2.05, 4.69) is 5.32 Å². The van der Waals surface area contributed by atoms with E-state index in [-0.39, 0.29) is 28.5 Å². The molecule has 1 unspecified atom stereocenters. The Bertz CT molecular complexity index is 1330. The number of amides is 2. The van der Waals surface area contributed by atoms with Gasteiger partial charge in [-0.15, -0.1) is 0 Å². The summed E-state index contributed by atoms with van der Waals surface area (Å²) in [7, 11) is 0. The van der Waals surface area contributed by atoms with E-state index in [0.29, 0.717) is 16.9 Å². The van der Waals surface area contributed by atoms with Crippen LogP contribution in [0.2, 0.25) is 0 Å². The third-order valence-electron chi connectivity index (χ3n) is 5.35. The Balaban J connectivity index is 1.90. The van der Waals surface area contributed by atoms with Crippen LogP contribution in [-0.4, -0.2) is 27.6 Å². The highest BCUT2D eigenvalue weighted by molar-refractivity contribution is 6.51. The molecule has 0 bridgehead atoms. The van der Waals surface area contributed by atoms with Crippen molar-refractivity contribution in [3.8, 4) is 0 Å². The van der Waals surface area contributed by atoms with Crippen molar-refractivity contribution < 1.29 is 24.4 Å². The zero-order valence-electron chi connectivity index (χ0n) is 18.0. The lowest BCUT2D eigenvalue weighted by molar-refractivity contribution is -0.384. The summed E-state index contributed by atoms with van der Waals surface area (Å²) in [5.41, 5.74) is 1.03. The van der Waals surface area contributed by atoms with Gasteiger partial charge in [0.25, 0.3) is 17.4 Å². The molecule has 1 fully saturated rings. The molecule has 0 radical (unpaired) electrons. The molecule has 9 nitrogen and oxygen atoms in total. The summed E-state index contributed by atoms with van der Waals surface area (Å²) in [6, 6.07) is 19.0. The average molecular weight is 457 g/mol. The maximum absolute atomic E-state index is 13.1. The molecule has 0 aliphatic carbocycles. The lowest BCUT2D eigenvalue weighted by Gasteiger charge is -2.25. The van der Waals surface area contributed by atoms with Crippen LogP contribution in [0.25, 0.3) is 5.76 Å². The van der Waals surface area contributed by atoms with E-state index in [9.17, 15) is 29.6 Å². The maximum atomic E-state index is 13.1. The molecule has 2 N–H and O–H groups in total. The first-order valence-corrected chi connectivity index (χ1v) is 10.3. The first kappa shape index (κ1) is 22.4. The molecule has 1 saturated heterocycles. The predicted octanol–water partition coefficient (Wildman–Crippen LogP) is 4.18. The van der Waals surface area contributed by atoms with Gasteiger partial charge in [0.15, 0.2) is 0 Å². The van der Waals surface area contributed by atoms with Crippen LogP contribution >= 0.6 is 0 Å². The lowest BCUT2D eigenvalue weighted by atomic mass is 9.95. The summed E-state index contributed by atoms with van der Waals surface area (Å²) in [5.74, 6) is -2.45. The van der Waals surface area contributed by atoms with Crippen molar-refractivity contribution >= 4 is 40.4 Å². The minimum Gasteiger partial charge on any atom is -0.507 e. The van der Waals surface area contributed by atoms with Crippen LogP contribution in [0.15, 0.2) is 84.4 Å². The first-order valence-electron chi connectivity index (χ1n) is 10.3. The Hall–Kier alpha value is -4.79. The van der Waals surface area contributed by atoms with Gasteiger partial charge < -0.3 is 10.4 Å². The number of Topliss-reactive ketones (excluding diaryl/α,β-unsaturated/α-hetero) is 1. The standard InChI is InChI=1S/C25H19N3O6/c1-15(29)26-18-10-12-19(13-11-18)27-22(17-8-5-9-20(14-17)28(33)34)21(24(31)25(27)32)23(30)16-6-3-2-4-7-16/h2-14,22,30H,1H3,(H,26,29)/b23-21-. The number of carbonyl (C=O) groups excluding carboxylic acids is 3. The second kappa shape index (κ2) is 8.99. The maximum Gasteiger partial charge on any atom is 0.300 e. The van der Waals surface area contributed by atoms with E-state index in [1.807, 2.05) is 0 Å². The molecule has 1 heterocycles. The molecule has 1 aliphatic heterocycles. The number of carbonyl (C=O) groups is 3. The smallest absolute Gasteiger partial charge is 0.300 e. The van der Waals surface area contributed by atoms with Crippen molar-refractivity contribution in [2.45, 2.75) is 13.0 Å². The fraction of sp³-hybridized carbons (Fsp3) is 0.0800. The Kier molecular flexibility index (Phi) is 5.92. The monoisotopic (exact) mass is 457 g/mol. The second-order valence-electron chi connectivity index (χ2n) is 7.62. The summed E-state index contributed by atoms with van der Waals surface area (Å²) < 4.78 is 0. The van der Waals surface area contributed by atoms with Gasteiger partial charge in [0, 0.05) is 36.0 Å². The van der Waals surface area contributed by atoms with Crippen LogP contribution in [0.4, 0.5) is 17.1 Å². The summed E-state index contributed by atoms with van der Waals surface area (Å²) >= 11 is 0. The number of hydrogen-bond donors (Lipinski definition) is 2. The molecule has 0 aromatic heterocycles. The van der Waals surface area contributed by atoms with Crippen LogP contribution < -0.4 is 10.2 Å². The van der Waals surface area contributed by atoms with Gasteiger partial charge >= 0.3 is 0 Å². The lowest BCUT2D eigenvalue weighted by Crippen LogP contribution is -2.29. The molecule has 1 aliphatic rings. The number of benzene rings is 3. The molecule has 0 spiro atoms. The van der Waals surface area contributed by atoms with E-state index < -0.39 is 22.7 Å². The number of nitrogens with zero attached hydrogens (tertiary/aromatic N) is 2. The number of anilines is 2.